The van der Waals surface area contributed by atoms with Gasteiger partial charge in [-0.1, -0.05) is 29.8 Å². The van der Waals surface area contributed by atoms with Gasteiger partial charge in [0, 0.05) is 18.6 Å². The highest BCUT2D eigenvalue weighted by atomic mass is 35.5. The van der Waals surface area contributed by atoms with Gasteiger partial charge < -0.3 is 10.6 Å². The molecule has 0 heterocycles. The summed E-state index contributed by atoms with van der Waals surface area (Å²) >= 11 is 6.06. The highest BCUT2D eigenvalue weighted by Crippen LogP contribution is 2.22. The summed E-state index contributed by atoms with van der Waals surface area (Å²) in [5.74, 6) is 0.307. The number of nitrogens with one attached hydrogen (secondary N) is 2. The number of guanidine groups is 1. The van der Waals surface area contributed by atoms with E-state index in [9.17, 15) is 13.2 Å². The van der Waals surface area contributed by atoms with Crippen molar-refractivity contribution in [3.63, 3.8) is 0 Å². The third-order valence-electron chi connectivity index (χ3n) is 2.65. The minimum absolute atomic E-state index is 0.166. The maximum atomic E-state index is 12.1. The van der Waals surface area contributed by atoms with Crippen LogP contribution in [0.15, 0.2) is 29.3 Å². The topological polar surface area (TPSA) is 36.4 Å². The van der Waals surface area contributed by atoms with E-state index in [4.69, 9.17) is 11.6 Å². The first kappa shape index (κ1) is 16.6. The van der Waals surface area contributed by atoms with Crippen LogP contribution in [0.25, 0.3) is 0 Å². The first-order chi connectivity index (χ1) is 9.33. The van der Waals surface area contributed by atoms with Crippen LogP contribution in [0.2, 0.25) is 5.02 Å². The summed E-state index contributed by atoms with van der Waals surface area (Å²) in [6.45, 7) is 1.64. The van der Waals surface area contributed by atoms with Crippen molar-refractivity contribution in [3.8, 4) is 0 Å². The smallest absolute Gasteiger partial charge is 0.356 e. The van der Waals surface area contributed by atoms with Crippen LogP contribution in [0.3, 0.4) is 0 Å². The predicted molar refractivity (Wildman–Crippen MR) is 75.0 cm³/mol. The molecule has 1 rings (SSSR count). The number of rotatable bonds is 4. The maximum absolute atomic E-state index is 12.1. The van der Waals surface area contributed by atoms with Gasteiger partial charge in [-0.25, -0.2) is 0 Å². The van der Waals surface area contributed by atoms with Crippen molar-refractivity contribution >= 4 is 17.6 Å². The van der Waals surface area contributed by atoms with Crippen molar-refractivity contribution in [1.29, 1.82) is 0 Å². The minimum Gasteiger partial charge on any atom is -0.356 e. The van der Waals surface area contributed by atoms with Crippen LogP contribution in [0.1, 0.15) is 24.9 Å². The maximum Gasteiger partial charge on any atom is 0.390 e. The van der Waals surface area contributed by atoms with E-state index >= 15 is 0 Å². The van der Waals surface area contributed by atoms with E-state index in [1.165, 1.54) is 7.05 Å². The molecule has 1 unspecified atom stereocenters. The molecule has 112 valence electrons. The van der Waals surface area contributed by atoms with Gasteiger partial charge in [0.15, 0.2) is 5.96 Å². The first-order valence-electron chi connectivity index (χ1n) is 6.12. The Labute approximate surface area is 121 Å². The average Bonchev–Trinajstić information content (AvgIpc) is 2.36. The highest BCUT2D eigenvalue weighted by molar-refractivity contribution is 6.31. The van der Waals surface area contributed by atoms with Gasteiger partial charge in [-0.15, -0.1) is 0 Å². The molecule has 3 nitrogen and oxygen atoms in total. The lowest BCUT2D eigenvalue weighted by atomic mass is 10.1. The summed E-state index contributed by atoms with van der Waals surface area (Å²) in [6, 6.07) is 7.10. The number of hydrogen-bond donors (Lipinski definition) is 2. The lowest BCUT2D eigenvalue weighted by Crippen LogP contribution is -2.40. The number of benzene rings is 1. The second-order valence-electron chi connectivity index (χ2n) is 4.25. The van der Waals surface area contributed by atoms with Crippen LogP contribution in [-0.2, 0) is 0 Å². The lowest BCUT2D eigenvalue weighted by molar-refractivity contribution is -0.132. The summed E-state index contributed by atoms with van der Waals surface area (Å²) in [6.07, 6.45) is -5.09. The van der Waals surface area contributed by atoms with E-state index in [0.29, 0.717) is 11.0 Å². The predicted octanol–water partition coefficient (Wildman–Crippen LogP) is 3.52. The van der Waals surface area contributed by atoms with Crippen LogP contribution in [0, 0.1) is 0 Å². The number of halogens is 4. The van der Waals surface area contributed by atoms with Gasteiger partial charge in [-0.2, -0.15) is 13.2 Å². The van der Waals surface area contributed by atoms with Crippen LogP contribution >= 0.6 is 11.6 Å². The molecule has 2 N–H and O–H groups in total. The monoisotopic (exact) mass is 307 g/mol. The molecule has 0 fully saturated rings. The molecule has 1 aromatic rings. The van der Waals surface area contributed by atoms with Crippen molar-refractivity contribution < 1.29 is 13.2 Å². The van der Waals surface area contributed by atoms with Gasteiger partial charge >= 0.3 is 6.18 Å². The second kappa shape index (κ2) is 7.38. The van der Waals surface area contributed by atoms with Crippen molar-refractivity contribution in [3.05, 3.63) is 34.9 Å². The molecule has 1 aromatic carbocycles. The van der Waals surface area contributed by atoms with E-state index in [1.54, 1.807) is 6.07 Å². The second-order valence-corrected chi connectivity index (χ2v) is 4.66. The molecular weight excluding hydrogens is 291 g/mol. The lowest BCUT2D eigenvalue weighted by Gasteiger charge is -2.19. The van der Waals surface area contributed by atoms with Crippen molar-refractivity contribution in [2.24, 2.45) is 4.99 Å². The third-order valence-corrected chi connectivity index (χ3v) is 2.99. The number of nitrogens with zero attached hydrogens (tertiary/aromatic N) is 1. The Bertz CT molecular complexity index is 460. The molecule has 0 radical (unpaired) electrons. The third kappa shape index (κ3) is 5.69. The number of hydrogen-bond acceptors (Lipinski definition) is 1. The van der Waals surface area contributed by atoms with E-state index < -0.39 is 12.6 Å². The molecular formula is C13H17ClF3N3. The van der Waals surface area contributed by atoms with E-state index in [-0.39, 0.29) is 12.6 Å². The van der Waals surface area contributed by atoms with Gasteiger partial charge in [-0.05, 0) is 18.6 Å². The zero-order valence-electron chi connectivity index (χ0n) is 11.3. The fourth-order valence-electron chi connectivity index (χ4n) is 1.63. The molecule has 1 atom stereocenters. The van der Waals surface area contributed by atoms with E-state index in [0.717, 1.165) is 5.56 Å². The van der Waals surface area contributed by atoms with Crippen LogP contribution in [0.5, 0.6) is 0 Å². The standard InChI is InChI=1S/C13H17ClF3N3/c1-9(10-5-3-4-6-11(10)14)20-12(18-2)19-8-7-13(15,16)17/h3-6,9H,7-8H2,1-2H3,(H2,18,19,20). The fraction of sp³-hybridized carbons (Fsp3) is 0.462. The Morgan fingerprint density at radius 3 is 2.55 bits per heavy atom. The molecule has 0 saturated heterocycles. The van der Waals surface area contributed by atoms with E-state index in [2.05, 4.69) is 15.6 Å². The van der Waals surface area contributed by atoms with Gasteiger partial charge in [0.1, 0.15) is 0 Å². The minimum atomic E-state index is -4.18. The average molecular weight is 308 g/mol. The normalized spacial score (nSPS) is 14.0. The summed E-state index contributed by atoms with van der Waals surface area (Å²) < 4.78 is 36.2. The SMILES string of the molecule is CN=C(NCCC(F)(F)F)NC(C)c1ccccc1Cl. The van der Waals surface area contributed by atoms with Crippen molar-refractivity contribution in [2.45, 2.75) is 25.6 Å². The van der Waals surface area contributed by atoms with E-state index in [1.807, 2.05) is 25.1 Å². The number of aliphatic imine (C=N–C) groups is 1. The Kier molecular flexibility index (Phi) is 6.13. The zero-order valence-corrected chi connectivity index (χ0v) is 12.0. The zero-order chi connectivity index (χ0) is 15.2. The van der Waals surface area contributed by atoms with Gasteiger partial charge in [0.25, 0.3) is 0 Å². The first-order valence-corrected chi connectivity index (χ1v) is 6.49. The molecule has 0 bridgehead atoms. The Hall–Kier alpha value is -1.43. The molecule has 0 aliphatic carbocycles. The molecule has 20 heavy (non-hydrogen) atoms. The molecule has 0 amide bonds. The molecule has 0 spiro atoms. The summed E-state index contributed by atoms with van der Waals surface area (Å²) in [5.41, 5.74) is 0.855. The fourth-order valence-corrected chi connectivity index (χ4v) is 1.93. The van der Waals surface area contributed by atoms with Crippen molar-refractivity contribution in [2.75, 3.05) is 13.6 Å². The highest BCUT2D eigenvalue weighted by Gasteiger charge is 2.26. The Balaban J connectivity index is 2.55. The summed E-state index contributed by atoms with van der Waals surface area (Å²) in [4.78, 5) is 3.89. The number of alkyl halides is 3. The van der Waals surface area contributed by atoms with Gasteiger partial charge in [0.2, 0.25) is 0 Å². The summed E-state index contributed by atoms with van der Waals surface area (Å²) in [5, 5.41) is 6.21. The Morgan fingerprint density at radius 2 is 2.00 bits per heavy atom. The van der Waals surface area contributed by atoms with Gasteiger partial charge in [-0.3, -0.25) is 4.99 Å². The molecule has 0 aliphatic heterocycles. The summed E-state index contributed by atoms with van der Waals surface area (Å²) in [7, 11) is 1.50. The van der Waals surface area contributed by atoms with Gasteiger partial charge in [0.05, 0.1) is 12.5 Å². The molecule has 0 aromatic heterocycles. The van der Waals surface area contributed by atoms with Crippen LogP contribution in [0.4, 0.5) is 13.2 Å². The largest absolute Gasteiger partial charge is 0.390 e. The quantitative estimate of drug-likeness (QED) is 0.659. The molecule has 0 saturated carbocycles. The molecule has 0 aliphatic rings. The van der Waals surface area contributed by atoms with Crippen molar-refractivity contribution in [1.82, 2.24) is 10.6 Å². The van der Waals surface area contributed by atoms with Crippen LogP contribution in [-0.4, -0.2) is 25.7 Å². The Morgan fingerprint density at radius 1 is 1.35 bits per heavy atom. The van der Waals surface area contributed by atoms with Crippen LogP contribution < -0.4 is 10.6 Å². The molecule has 7 heteroatoms.